The van der Waals surface area contributed by atoms with Crippen molar-refractivity contribution in [2.75, 3.05) is 12.9 Å². The lowest BCUT2D eigenvalue weighted by Gasteiger charge is -2.15. The lowest BCUT2D eigenvalue weighted by atomic mass is 10.1. The molecule has 1 amide bonds. The van der Waals surface area contributed by atoms with Crippen LogP contribution in [0.3, 0.4) is 0 Å². The molecule has 1 atom stereocenters. The number of hydrogen-bond acceptors (Lipinski definition) is 5. The zero-order chi connectivity index (χ0) is 19.2. The van der Waals surface area contributed by atoms with E-state index in [1.807, 2.05) is 55.5 Å². The first-order chi connectivity index (χ1) is 13.1. The van der Waals surface area contributed by atoms with Crippen molar-refractivity contribution in [3.63, 3.8) is 0 Å². The van der Waals surface area contributed by atoms with Crippen molar-refractivity contribution in [1.29, 1.82) is 0 Å². The van der Waals surface area contributed by atoms with Gasteiger partial charge in [-0.05, 0) is 42.8 Å². The Bertz CT molecular complexity index is 914. The van der Waals surface area contributed by atoms with Gasteiger partial charge in [0.1, 0.15) is 5.75 Å². The molecular weight excluding hydrogens is 384 g/mol. The van der Waals surface area contributed by atoms with Crippen molar-refractivity contribution in [3.8, 4) is 17.1 Å². The van der Waals surface area contributed by atoms with E-state index in [0.29, 0.717) is 16.0 Å². The molecular formula is C19H19ClN4O2S. The fraction of sp³-hybridized carbons (Fsp3) is 0.211. The third-order valence-electron chi connectivity index (χ3n) is 3.91. The number of aromatic nitrogens is 3. The normalized spacial score (nSPS) is 11.8. The highest BCUT2D eigenvalue weighted by atomic mass is 35.5. The minimum atomic E-state index is -0.172. The summed E-state index contributed by atoms with van der Waals surface area (Å²) >= 11 is 7.44. The molecule has 1 heterocycles. The highest BCUT2D eigenvalue weighted by Crippen LogP contribution is 2.23. The Morgan fingerprint density at radius 2 is 2.00 bits per heavy atom. The number of nitrogens with one attached hydrogen (secondary N) is 2. The van der Waals surface area contributed by atoms with Gasteiger partial charge in [-0.2, -0.15) is 0 Å². The molecule has 0 saturated carbocycles. The molecule has 8 heteroatoms. The number of benzene rings is 2. The SMILES string of the molecule is COc1ccc(-c2nc(SCC(=O)N[C@@H](C)c3ccccc3Cl)n[nH]2)cc1. The van der Waals surface area contributed by atoms with Gasteiger partial charge in [-0.1, -0.05) is 41.6 Å². The first-order valence-corrected chi connectivity index (χ1v) is 9.66. The molecule has 3 aromatic rings. The van der Waals surface area contributed by atoms with Crippen LogP contribution in [-0.2, 0) is 4.79 Å². The molecule has 0 aliphatic rings. The first kappa shape index (κ1) is 19.3. The molecule has 0 bridgehead atoms. The molecule has 3 rings (SSSR count). The Labute approximate surface area is 166 Å². The van der Waals surface area contributed by atoms with Gasteiger partial charge in [0.25, 0.3) is 0 Å². The number of hydrogen-bond donors (Lipinski definition) is 2. The largest absolute Gasteiger partial charge is 0.497 e. The van der Waals surface area contributed by atoms with Crippen molar-refractivity contribution < 1.29 is 9.53 Å². The van der Waals surface area contributed by atoms with E-state index < -0.39 is 0 Å². The monoisotopic (exact) mass is 402 g/mol. The van der Waals surface area contributed by atoms with Crippen LogP contribution in [0.15, 0.2) is 53.7 Å². The standard InChI is InChI=1S/C19H19ClN4O2S/c1-12(15-5-3-4-6-16(15)20)21-17(25)11-27-19-22-18(23-24-19)13-7-9-14(26-2)10-8-13/h3-10,12H,11H2,1-2H3,(H,21,25)(H,22,23,24)/t12-/m0/s1. The molecule has 2 aromatic carbocycles. The summed E-state index contributed by atoms with van der Waals surface area (Å²) in [5.74, 6) is 1.53. The van der Waals surface area contributed by atoms with E-state index in [2.05, 4.69) is 20.5 Å². The van der Waals surface area contributed by atoms with Gasteiger partial charge >= 0.3 is 0 Å². The Morgan fingerprint density at radius 3 is 2.70 bits per heavy atom. The van der Waals surface area contributed by atoms with Gasteiger partial charge in [0, 0.05) is 10.6 Å². The number of ether oxygens (including phenoxy) is 1. The van der Waals surface area contributed by atoms with E-state index in [-0.39, 0.29) is 17.7 Å². The molecule has 27 heavy (non-hydrogen) atoms. The zero-order valence-corrected chi connectivity index (χ0v) is 16.5. The molecule has 0 unspecified atom stereocenters. The summed E-state index contributed by atoms with van der Waals surface area (Å²) in [7, 11) is 1.62. The third kappa shape index (κ3) is 5.02. The van der Waals surface area contributed by atoms with Crippen LogP contribution < -0.4 is 10.1 Å². The second kappa shape index (κ2) is 8.92. The first-order valence-electron chi connectivity index (χ1n) is 8.30. The average Bonchev–Trinajstić information content (AvgIpc) is 3.16. The van der Waals surface area contributed by atoms with Crippen LogP contribution >= 0.6 is 23.4 Å². The Hall–Kier alpha value is -2.51. The Balaban J connectivity index is 1.55. The Kier molecular flexibility index (Phi) is 6.36. The van der Waals surface area contributed by atoms with E-state index in [1.165, 1.54) is 11.8 Å². The second-order valence-corrected chi connectivity index (χ2v) is 7.14. The molecule has 140 valence electrons. The van der Waals surface area contributed by atoms with Crippen LogP contribution in [0.25, 0.3) is 11.4 Å². The highest BCUT2D eigenvalue weighted by molar-refractivity contribution is 7.99. The number of rotatable bonds is 7. The summed E-state index contributed by atoms with van der Waals surface area (Å²) in [5, 5.41) is 11.1. The maximum Gasteiger partial charge on any atom is 0.230 e. The van der Waals surface area contributed by atoms with Crippen molar-refractivity contribution in [2.24, 2.45) is 0 Å². The van der Waals surface area contributed by atoms with Crippen molar-refractivity contribution >= 4 is 29.3 Å². The van der Waals surface area contributed by atoms with Gasteiger partial charge in [0.05, 0.1) is 18.9 Å². The van der Waals surface area contributed by atoms with Gasteiger partial charge in [-0.25, -0.2) is 4.98 Å². The van der Waals surface area contributed by atoms with E-state index in [0.717, 1.165) is 16.9 Å². The number of H-pyrrole nitrogens is 1. The molecule has 6 nitrogen and oxygen atoms in total. The minimum Gasteiger partial charge on any atom is -0.497 e. The molecule has 0 aliphatic carbocycles. The fourth-order valence-electron chi connectivity index (χ4n) is 2.51. The molecule has 0 aliphatic heterocycles. The van der Waals surface area contributed by atoms with E-state index in [1.54, 1.807) is 7.11 Å². The minimum absolute atomic E-state index is 0.108. The molecule has 1 aromatic heterocycles. The second-order valence-electron chi connectivity index (χ2n) is 5.79. The number of carbonyl (C=O) groups is 1. The summed E-state index contributed by atoms with van der Waals surface area (Å²) in [6.45, 7) is 1.90. The summed E-state index contributed by atoms with van der Waals surface area (Å²) < 4.78 is 5.14. The van der Waals surface area contributed by atoms with Gasteiger partial charge in [0.15, 0.2) is 5.82 Å². The lowest BCUT2D eigenvalue weighted by Crippen LogP contribution is -2.28. The van der Waals surface area contributed by atoms with Crippen LogP contribution in [0, 0.1) is 0 Å². The number of methoxy groups -OCH3 is 1. The molecule has 2 N–H and O–H groups in total. The number of halogens is 1. The zero-order valence-electron chi connectivity index (χ0n) is 14.9. The van der Waals surface area contributed by atoms with Crippen LogP contribution in [0.1, 0.15) is 18.5 Å². The van der Waals surface area contributed by atoms with Gasteiger partial charge < -0.3 is 10.1 Å². The smallest absolute Gasteiger partial charge is 0.230 e. The van der Waals surface area contributed by atoms with Crippen molar-refractivity contribution in [3.05, 3.63) is 59.1 Å². The summed E-state index contributed by atoms with van der Waals surface area (Å²) in [4.78, 5) is 16.6. The molecule has 0 saturated heterocycles. The summed E-state index contributed by atoms with van der Waals surface area (Å²) in [6.07, 6.45) is 0. The average molecular weight is 403 g/mol. The number of amides is 1. The summed E-state index contributed by atoms with van der Waals surface area (Å²) in [6, 6.07) is 14.8. The van der Waals surface area contributed by atoms with Crippen molar-refractivity contribution in [1.82, 2.24) is 20.5 Å². The third-order valence-corrected chi connectivity index (χ3v) is 5.10. The quantitative estimate of drug-likeness (QED) is 0.581. The van der Waals surface area contributed by atoms with Crippen LogP contribution in [0.4, 0.5) is 0 Å². The van der Waals surface area contributed by atoms with Crippen LogP contribution in [0.5, 0.6) is 5.75 Å². The van der Waals surface area contributed by atoms with Gasteiger partial charge in [-0.15, -0.1) is 5.10 Å². The van der Waals surface area contributed by atoms with E-state index >= 15 is 0 Å². The van der Waals surface area contributed by atoms with Crippen molar-refractivity contribution in [2.45, 2.75) is 18.1 Å². The molecule has 0 spiro atoms. The topological polar surface area (TPSA) is 79.9 Å². The predicted molar refractivity (Wildman–Crippen MR) is 107 cm³/mol. The number of thioether (sulfide) groups is 1. The Morgan fingerprint density at radius 1 is 1.26 bits per heavy atom. The highest BCUT2D eigenvalue weighted by Gasteiger charge is 2.14. The summed E-state index contributed by atoms with van der Waals surface area (Å²) in [5.41, 5.74) is 1.78. The number of aromatic amines is 1. The van der Waals surface area contributed by atoms with Gasteiger partial charge in [-0.3, -0.25) is 9.89 Å². The molecule has 0 radical (unpaired) electrons. The van der Waals surface area contributed by atoms with E-state index in [9.17, 15) is 4.79 Å². The number of nitrogens with zero attached hydrogens (tertiary/aromatic N) is 2. The van der Waals surface area contributed by atoms with Crippen LogP contribution in [0.2, 0.25) is 5.02 Å². The number of carbonyl (C=O) groups excluding carboxylic acids is 1. The molecule has 0 fully saturated rings. The van der Waals surface area contributed by atoms with Crippen LogP contribution in [-0.4, -0.2) is 34.0 Å². The lowest BCUT2D eigenvalue weighted by molar-refractivity contribution is -0.119. The van der Waals surface area contributed by atoms with E-state index in [4.69, 9.17) is 16.3 Å². The fourth-order valence-corrected chi connectivity index (χ4v) is 3.42. The predicted octanol–water partition coefficient (Wildman–Crippen LogP) is 4.10. The van der Waals surface area contributed by atoms with Gasteiger partial charge in [0.2, 0.25) is 11.1 Å². The maximum atomic E-state index is 12.2. The maximum absolute atomic E-state index is 12.2.